The number of amides is 1. The maximum Gasteiger partial charge on any atom is 0.271 e. The number of morpholine rings is 1. The van der Waals surface area contributed by atoms with Crippen LogP contribution < -0.4 is 10.6 Å². The van der Waals surface area contributed by atoms with Crippen molar-refractivity contribution in [2.24, 2.45) is 0 Å². The number of hydrogen-bond donors (Lipinski definition) is 2. The molecule has 1 saturated heterocycles. The number of nitro benzene ring substituents is 1. The van der Waals surface area contributed by atoms with Crippen LogP contribution in [0.5, 0.6) is 0 Å². The zero-order chi connectivity index (χ0) is 18.8. The number of nitro groups is 1. The fraction of sp³-hybridized carbons (Fsp3) is 0.412. The fourth-order valence-corrected chi connectivity index (χ4v) is 2.45. The van der Waals surface area contributed by atoms with Crippen LogP contribution in [0.1, 0.15) is 6.42 Å². The molecular weight excluding hydrogens is 338 g/mol. The molecule has 2 N–H and O–H groups in total. The van der Waals surface area contributed by atoms with Crippen molar-refractivity contribution in [2.75, 3.05) is 44.7 Å². The average molecular weight is 359 g/mol. The van der Waals surface area contributed by atoms with Gasteiger partial charge in [0, 0.05) is 43.7 Å². The molecule has 9 heteroatoms. The Morgan fingerprint density at radius 2 is 2.19 bits per heavy atom. The summed E-state index contributed by atoms with van der Waals surface area (Å²) in [6.45, 7) is 4.90. The topological polar surface area (TPSA) is 121 Å². The van der Waals surface area contributed by atoms with Gasteiger partial charge in [-0.15, -0.1) is 0 Å². The maximum absolute atomic E-state index is 12.1. The van der Waals surface area contributed by atoms with Crippen molar-refractivity contribution in [3.63, 3.8) is 0 Å². The summed E-state index contributed by atoms with van der Waals surface area (Å²) in [7, 11) is 0. The highest BCUT2D eigenvalue weighted by Crippen LogP contribution is 2.17. The van der Waals surface area contributed by atoms with E-state index >= 15 is 0 Å². The summed E-state index contributed by atoms with van der Waals surface area (Å²) < 4.78 is 5.28. The molecule has 1 amide bonds. The largest absolute Gasteiger partial charge is 0.390 e. The first-order valence-corrected chi connectivity index (χ1v) is 8.29. The van der Waals surface area contributed by atoms with Gasteiger partial charge < -0.3 is 15.4 Å². The number of carbonyl (C=O) groups is 1. The number of carbonyl (C=O) groups excluding carboxylic acids is 1. The van der Waals surface area contributed by atoms with Crippen LogP contribution >= 0.6 is 0 Å². The first-order chi connectivity index (χ1) is 12.6. The molecule has 0 unspecified atom stereocenters. The van der Waals surface area contributed by atoms with Gasteiger partial charge in [-0.2, -0.15) is 5.26 Å². The normalized spacial score (nSPS) is 15.1. The molecule has 9 nitrogen and oxygen atoms in total. The summed E-state index contributed by atoms with van der Waals surface area (Å²) in [5.41, 5.74) is 0.0343. The van der Waals surface area contributed by atoms with Gasteiger partial charge in [-0.3, -0.25) is 19.8 Å². The van der Waals surface area contributed by atoms with Crippen molar-refractivity contribution in [1.29, 1.82) is 5.26 Å². The van der Waals surface area contributed by atoms with Gasteiger partial charge in [0.1, 0.15) is 11.6 Å². The average Bonchev–Trinajstić information content (AvgIpc) is 2.65. The first-order valence-electron chi connectivity index (χ1n) is 8.29. The van der Waals surface area contributed by atoms with Crippen molar-refractivity contribution in [3.8, 4) is 6.07 Å². The van der Waals surface area contributed by atoms with Crippen LogP contribution in [0.2, 0.25) is 0 Å². The maximum atomic E-state index is 12.1. The Labute approximate surface area is 151 Å². The smallest absolute Gasteiger partial charge is 0.271 e. The van der Waals surface area contributed by atoms with Gasteiger partial charge in [0.05, 0.1) is 18.1 Å². The summed E-state index contributed by atoms with van der Waals surface area (Å²) >= 11 is 0. The lowest BCUT2D eigenvalue weighted by Crippen LogP contribution is -2.37. The molecule has 1 aromatic rings. The Bertz CT molecular complexity index is 707. The SMILES string of the molecule is N#C/C(=C/NCCCN1CCOCC1)C(=O)Nc1cccc([N+](=O)[O-])c1. The van der Waals surface area contributed by atoms with Crippen molar-refractivity contribution < 1.29 is 14.5 Å². The fourth-order valence-electron chi connectivity index (χ4n) is 2.45. The molecule has 0 radical (unpaired) electrons. The number of benzene rings is 1. The first kappa shape index (κ1) is 19.4. The van der Waals surface area contributed by atoms with Crippen LogP contribution in [-0.4, -0.2) is 55.1 Å². The number of nitrogens with one attached hydrogen (secondary N) is 2. The van der Waals surface area contributed by atoms with Gasteiger partial charge in [0.2, 0.25) is 0 Å². The molecule has 1 fully saturated rings. The second-order valence-electron chi connectivity index (χ2n) is 5.69. The highest BCUT2D eigenvalue weighted by molar-refractivity contribution is 6.06. The van der Waals surface area contributed by atoms with E-state index in [2.05, 4.69) is 15.5 Å². The number of anilines is 1. The van der Waals surface area contributed by atoms with Crippen molar-refractivity contribution in [3.05, 3.63) is 46.2 Å². The Kier molecular flexibility index (Phi) is 7.54. The molecule has 26 heavy (non-hydrogen) atoms. The molecule has 0 bridgehead atoms. The second kappa shape index (κ2) is 10.1. The summed E-state index contributed by atoms with van der Waals surface area (Å²) in [4.78, 5) is 24.6. The molecule has 0 saturated carbocycles. The number of nitrogens with zero attached hydrogens (tertiary/aromatic N) is 3. The number of non-ortho nitro benzene ring substituents is 1. The van der Waals surface area contributed by atoms with E-state index in [0.29, 0.717) is 6.54 Å². The van der Waals surface area contributed by atoms with Gasteiger partial charge in [-0.05, 0) is 19.0 Å². The molecule has 0 aliphatic carbocycles. The number of ether oxygens (including phenoxy) is 1. The third kappa shape index (κ3) is 6.16. The predicted octanol–water partition coefficient (Wildman–Crippen LogP) is 1.25. The third-order valence-corrected chi connectivity index (χ3v) is 3.83. The van der Waals surface area contributed by atoms with Gasteiger partial charge >= 0.3 is 0 Å². The van der Waals surface area contributed by atoms with Gasteiger partial charge in [-0.25, -0.2) is 0 Å². The number of rotatable bonds is 8. The minimum Gasteiger partial charge on any atom is -0.390 e. The lowest BCUT2D eigenvalue weighted by atomic mass is 10.2. The van der Waals surface area contributed by atoms with Crippen molar-refractivity contribution in [2.45, 2.75) is 6.42 Å². The summed E-state index contributed by atoms with van der Waals surface area (Å²) in [6, 6.07) is 7.38. The van der Waals surface area contributed by atoms with Crippen molar-refractivity contribution >= 4 is 17.3 Å². The van der Waals surface area contributed by atoms with Gasteiger partial charge in [-0.1, -0.05) is 6.07 Å². The molecule has 138 valence electrons. The molecule has 0 spiro atoms. The lowest BCUT2D eigenvalue weighted by molar-refractivity contribution is -0.384. The molecule has 1 aromatic carbocycles. The van der Waals surface area contributed by atoms with Crippen LogP contribution in [-0.2, 0) is 9.53 Å². The zero-order valence-corrected chi connectivity index (χ0v) is 14.3. The van der Waals surface area contributed by atoms with E-state index in [9.17, 15) is 14.9 Å². The van der Waals surface area contributed by atoms with Crippen LogP contribution in [0.4, 0.5) is 11.4 Å². The predicted molar refractivity (Wildman–Crippen MR) is 95.3 cm³/mol. The summed E-state index contributed by atoms with van der Waals surface area (Å²) in [6.07, 6.45) is 2.24. The molecule has 2 rings (SSSR count). The van der Waals surface area contributed by atoms with E-state index in [1.165, 1.54) is 30.5 Å². The minimum atomic E-state index is -0.617. The van der Waals surface area contributed by atoms with Crippen LogP contribution in [0.15, 0.2) is 36.0 Å². The van der Waals surface area contributed by atoms with Crippen LogP contribution in [0.25, 0.3) is 0 Å². The van der Waals surface area contributed by atoms with E-state index in [0.717, 1.165) is 39.3 Å². The van der Waals surface area contributed by atoms with E-state index in [-0.39, 0.29) is 16.9 Å². The Morgan fingerprint density at radius 1 is 1.42 bits per heavy atom. The Morgan fingerprint density at radius 3 is 2.88 bits per heavy atom. The highest BCUT2D eigenvalue weighted by Gasteiger charge is 2.12. The quantitative estimate of drug-likeness (QED) is 0.236. The highest BCUT2D eigenvalue weighted by atomic mass is 16.6. The molecule has 1 aliphatic rings. The summed E-state index contributed by atoms with van der Waals surface area (Å²) in [5.74, 6) is -0.617. The third-order valence-electron chi connectivity index (χ3n) is 3.83. The summed E-state index contributed by atoms with van der Waals surface area (Å²) in [5, 5.41) is 25.3. The molecular formula is C17H21N5O4. The number of nitriles is 1. The lowest BCUT2D eigenvalue weighted by Gasteiger charge is -2.26. The van der Waals surface area contributed by atoms with E-state index < -0.39 is 10.8 Å². The molecule has 1 heterocycles. The standard InChI is InChI=1S/C17H21N5O4/c18-12-14(13-19-5-2-6-21-7-9-26-10-8-21)17(23)20-15-3-1-4-16(11-15)22(24)25/h1,3-4,11,13,19H,2,5-10H2,(H,20,23)/b14-13-. The van der Waals surface area contributed by atoms with Crippen LogP contribution in [0, 0.1) is 21.4 Å². The van der Waals surface area contributed by atoms with Gasteiger partial charge in [0.15, 0.2) is 0 Å². The second-order valence-corrected chi connectivity index (χ2v) is 5.69. The van der Waals surface area contributed by atoms with Crippen molar-refractivity contribution in [1.82, 2.24) is 10.2 Å². The minimum absolute atomic E-state index is 0.0946. The molecule has 1 aliphatic heterocycles. The van der Waals surface area contributed by atoms with Gasteiger partial charge in [0.25, 0.3) is 11.6 Å². The van der Waals surface area contributed by atoms with E-state index in [1.807, 2.05) is 6.07 Å². The Hall–Kier alpha value is -2.96. The van der Waals surface area contributed by atoms with E-state index in [4.69, 9.17) is 10.00 Å². The van der Waals surface area contributed by atoms with Crippen LogP contribution in [0.3, 0.4) is 0 Å². The monoisotopic (exact) mass is 359 g/mol. The number of hydrogen-bond acceptors (Lipinski definition) is 7. The zero-order valence-electron chi connectivity index (χ0n) is 14.3. The molecule has 0 atom stereocenters. The molecule has 0 aromatic heterocycles. The Balaban J connectivity index is 1.80. The van der Waals surface area contributed by atoms with E-state index in [1.54, 1.807) is 0 Å².